The van der Waals surface area contributed by atoms with E-state index in [1.54, 1.807) is 0 Å². The number of benzene rings is 2. The fourth-order valence-electron chi connectivity index (χ4n) is 5.14. The van der Waals surface area contributed by atoms with Crippen LogP contribution in [0, 0.1) is 12.8 Å². The van der Waals surface area contributed by atoms with Gasteiger partial charge in [-0.25, -0.2) is 0 Å². The van der Waals surface area contributed by atoms with Gasteiger partial charge in [-0.15, -0.1) is 22.7 Å². The van der Waals surface area contributed by atoms with Gasteiger partial charge in [-0.3, -0.25) is 4.98 Å². The molecule has 0 saturated carbocycles. The van der Waals surface area contributed by atoms with E-state index in [-0.39, 0.29) is 5.41 Å². The Morgan fingerprint density at radius 1 is 1.00 bits per heavy atom. The summed E-state index contributed by atoms with van der Waals surface area (Å²) in [5, 5.41) is 7.12. The van der Waals surface area contributed by atoms with Crippen molar-refractivity contribution >= 4 is 64.8 Å². The maximum Gasteiger partial charge on any atom is 0.139 e. The van der Waals surface area contributed by atoms with Crippen LogP contribution in [0.5, 0.6) is 0 Å². The van der Waals surface area contributed by atoms with Crippen molar-refractivity contribution in [3.8, 4) is 11.3 Å². The van der Waals surface area contributed by atoms with Crippen LogP contribution < -0.4 is 0 Å². The number of hydrogen-bond acceptors (Lipinski definition) is 4. The van der Waals surface area contributed by atoms with Crippen LogP contribution in [-0.2, 0) is 11.8 Å². The third-order valence-electron chi connectivity index (χ3n) is 6.74. The van der Waals surface area contributed by atoms with Crippen LogP contribution in [0.2, 0.25) is 0 Å². The first-order valence-corrected chi connectivity index (χ1v) is 13.7. The van der Waals surface area contributed by atoms with E-state index in [2.05, 4.69) is 77.3 Å². The molecular weight excluding hydrogens is 454 g/mol. The lowest BCUT2D eigenvalue weighted by molar-refractivity contribution is 0.597. The zero-order valence-electron chi connectivity index (χ0n) is 20.6. The number of aryl methyl sites for hydroxylation is 1. The molecule has 0 atom stereocenters. The third kappa shape index (κ3) is 3.38. The van der Waals surface area contributed by atoms with E-state index in [1.807, 2.05) is 34.9 Å². The molecule has 0 spiro atoms. The van der Waals surface area contributed by atoms with Crippen LogP contribution in [-0.4, -0.2) is 4.98 Å². The highest BCUT2D eigenvalue weighted by molar-refractivity contribution is 7.19. The predicted octanol–water partition coefficient (Wildman–Crippen LogP) is 9.88. The fraction of sp³-hybridized carbons (Fsp3) is 0.300. The normalized spacial score (nSPS) is 12.8. The van der Waals surface area contributed by atoms with Crippen LogP contribution in [0.25, 0.3) is 53.4 Å². The second-order valence-electron chi connectivity index (χ2n) is 10.8. The van der Waals surface area contributed by atoms with Crippen molar-refractivity contribution in [2.45, 2.75) is 53.4 Å². The Morgan fingerprint density at radius 2 is 1.82 bits per heavy atom. The maximum atomic E-state index is 6.39. The Morgan fingerprint density at radius 3 is 2.59 bits per heavy atom. The monoisotopic (exact) mass is 483 g/mol. The zero-order valence-corrected chi connectivity index (χ0v) is 22.2. The van der Waals surface area contributed by atoms with Crippen molar-refractivity contribution in [2.75, 3.05) is 0 Å². The average molecular weight is 484 g/mol. The van der Waals surface area contributed by atoms with Crippen molar-refractivity contribution in [3.05, 3.63) is 64.0 Å². The molecule has 4 heterocycles. The molecular formula is C30H29NOS2. The van der Waals surface area contributed by atoms with E-state index in [1.165, 1.54) is 36.2 Å². The summed E-state index contributed by atoms with van der Waals surface area (Å²) in [6.45, 7) is 13.7. The number of rotatable bonds is 3. The lowest BCUT2D eigenvalue weighted by Gasteiger charge is -2.21. The minimum atomic E-state index is 0.0532. The van der Waals surface area contributed by atoms with Crippen molar-refractivity contribution < 1.29 is 4.42 Å². The largest absolute Gasteiger partial charge is 0.456 e. The molecule has 0 unspecified atom stereocenters. The van der Waals surface area contributed by atoms with Crippen LogP contribution >= 0.6 is 22.7 Å². The Labute approximate surface area is 208 Å². The number of fused-ring (bicyclic) bond motifs is 5. The van der Waals surface area contributed by atoms with Gasteiger partial charge in [0.15, 0.2) is 0 Å². The number of hydrogen-bond donors (Lipinski definition) is 0. The Balaban J connectivity index is 1.67. The molecule has 6 rings (SSSR count). The molecule has 34 heavy (non-hydrogen) atoms. The van der Waals surface area contributed by atoms with Crippen molar-refractivity contribution in [3.63, 3.8) is 0 Å². The fourth-order valence-corrected chi connectivity index (χ4v) is 7.35. The van der Waals surface area contributed by atoms with Gasteiger partial charge in [0, 0.05) is 31.4 Å². The summed E-state index contributed by atoms with van der Waals surface area (Å²) in [7, 11) is 0. The Hall–Kier alpha value is -2.69. The molecule has 0 radical (unpaired) electrons. The average Bonchev–Trinajstić information content (AvgIpc) is 3.46. The molecule has 4 aromatic heterocycles. The molecule has 2 aromatic carbocycles. The highest BCUT2D eigenvalue weighted by Gasteiger charge is 2.22. The maximum absolute atomic E-state index is 6.39. The van der Waals surface area contributed by atoms with Gasteiger partial charge >= 0.3 is 0 Å². The SMILES string of the molecule is Cc1sc2cc3oc4ccnc(-c5cc(C(C)(C)C)c6sccc6c5)c4c3cc2c1CC(C)C. The predicted molar refractivity (Wildman–Crippen MR) is 150 cm³/mol. The zero-order chi connectivity index (χ0) is 23.8. The highest BCUT2D eigenvalue weighted by Crippen LogP contribution is 2.43. The summed E-state index contributed by atoms with van der Waals surface area (Å²) < 4.78 is 9.07. The molecule has 0 bridgehead atoms. The summed E-state index contributed by atoms with van der Waals surface area (Å²) in [4.78, 5) is 6.33. The van der Waals surface area contributed by atoms with Gasteiger partial charge in [0.25, 0.3) is 0 Å². The first-order valence-electron chi connectivity index (χ1n) is 12.0. The van der Waals surface area contributed by atoms with E-state index in [0.29, 0.717) is 5.92 Å². The number of nitrogens with zero attached hydrogens (tertiary/aromatic N) is 1. The minimum absolute atomic E-state index is 0.0532. The second-order valence-corrected chi connectivity index (χ2v) is 13.0. The van der Waals surface area contributed by atoms with E-state index in [0.717, 1.165) is 39.6 Å². The van der Waals surface area contributed by atoms with Gasteiger partial charge in [-0.05, 0) is 88.4 Å². The molecule has 4 heteroatoms. The topological polar surface area (TPSA) is 26.0 Å². The molecule has 0 N–H and O–H groups in total. The van der Waals surface area contributed by atoms with E-state index in [9.17, 15) is 0 Å². The molecule has 0 fully saturated rings. The summed E-state index contributed by atoms with van der Waals surface area (Å²) in [6, 6.07) is 13.5. The van der Waals surface area contributed by atoms with Gasteiger partial charge < -0.3 is 4.42 Å². The number of thiophene rings is 2. The van der Waals surface area contributed by atoms with Crippen LogP contribution in [0.1, 0.15) is 50.6 Å². The molecule has 0 amide bonds. The summed E-state index contributed by atoms with van der Waals surface area (Å²) >= 11 is 3.70. The van der Waals surface area contributed by atoms with E-state index in [4.69, 9.17) is 9.40 Å². The molecule has 2 nitrogen and oxygen atoms in total. The van der Waals surface area contributed by atoms with Gasteiger partial charge in [-0.2, -0.15) is 0 Å². The molecule has 6 aromatic rings. The van der Waals surface area contributed by atoms with Crippen molar-refractivity contribution in [1.82, 2.24) is 4.98 Å². The van der Waals surface area contributed by atoms with Gasteiger partial charge in [0.1, 0.15) is 11.2 Å². The first-order chi connectivity index (χ1) is 16.2. The smallest absolute Gasteiger partial charge is 0.139 e. The van der Waals surface area contributed by atoms with Crippen molar-refractivity contribution in [1.29, 1.82) is 0 Å². The standard InChI is InChI=1S/C30H29NOS2/c1-16(2)11-20-17(3)34-26-15-25-22(14-21(20)26)27-24(32-25)7-9-31-28(27)19-12-18-8-10-33-29(18)23(13-19)30(4,5)6/h7-10,12-16H,11H2,1-6H3. The molecule has 0 aliphatic heterocycles. The van der Waals surface area contributed by atoms with E-state index >= 15 is 0 Å². The molecule has 0 aliphatic rings. The molecule has 0 aliphatic carbocycles. The quantitative estimate of drug-likeness (QED) is 0.250. The molecule has 172 valence electrons. The number of furan rings is 1. The van der Waals surface area contributed by atoms with E-state index < -0.39 is 0 Å². The minimum Gasteiger partial charge on any atom is -0.456 e. The van der Waals surface area contributed by atoms with Gasteiger partial charge in [-0.1, -0.05) is 34.6 Å². The van der Waals surface area contributed by atoms with Crippen molar-refractivity contribution in [2.24, 2.45) is 5.92 Å². The van der Waals surface area contributed by atoms with Crippen LogP contribution in [0.3, 0.4) is 0 Å². The molecule has 0 saturated heterocycles. The van der Waals surface area contributed by atoms with Crippen LogP contribution in [0.15, 0.2) is 52.4 Å². The lowest BCUT2D eigenvalue weighted by Crippen LogP contribution is -2.11. The Bertz CT molecular complexity index is 1710. The third-order valence-corrected chi connectivity index (χ3v) is 8.82. The van der Waals surface area contributed by atoms with Gasteiger partial charge in [0.05, 0.1) is 11.1 Å². The summed E-state index contributed by atoms with van der Waals surface area (Å²) in [5.74, 6) is 0.624. The Kier molecular flexibility index (Phi) is 4.91. The lowest BCUT2D eigenvalue weighted by atomic mass is 9.84. The van der Waals surface area contributed by atoms with Crippen LogP contribution in [0.4, 0.5) is 0 Å². The van der Waals surface area contributed by atoms with Gasteiger partial charge in [0.2, 0.25) is 0 Å². The summed E-state index contributed by atoms with van der Waals surface area (Å²) in [5.41, 5.74) is 6.92. The highest BCUT2D eigenvalue weighted by atomic mass is 32.1. The first kappa shape index (κ1) is 21.8. The second kappa shape index (κ2) is 7.66. The number of pyridine rings is 1. The number of aromatic nitrogens is 1. The summed E-state index contributed by atoms with van der Waals surface area (Å²) in [6.07, 6.45) is 2.98.